The van der Waals surface area contributed by atoms with Crippen LogP contribution in [0.25, 0.3) is 0 Å². The maximum absolute atomic E-state index is 12.0. The average molecular weight is 675 g/mol. The lowest BCUT2D eigenvalue weighted by Crippen LogP contribution is -2.25. The lowest BCUT2D eigenvalue weighted by atomic mass is 10.0. The third-order valence-corrected chi connectivity index (χ3v) is 8.48. The van der Waals surface area contributed by atoms with Crippen molar-refractivity contribution >= 4 is 11.9 Å². The first-order chi connectivity index (χ1) is 23.5. The molecule has 0 aliphatic rings. The molecule has 0 aromatic carbocycles. The van der Waals surface area contributed by atoms with Crippen LogP contribution in [0.2, 0.25) is 0 Å². The van der Waals surface area contributed by atoms with Gasteiger partial charge in [0.25, 0.3) is 0 Å². The van der Waals surface area contributed by atoms with Crippen LogP contribution in [0, 0.1) is 0 Å². The summed E-state index contributed by atoms with van der Waals surface area (Å²) in [6, 6.07) is 0. The van der Waals surface area contributed by atoms with Crippen LogP contribution in [0.4, 0.5) is 0 Å². The van der Waals surface area contributed by atoms with Crippen molar-refractivity contribution in [2.24, 2.45) is 0 Å². The zero-order valence-electron chi connectivity index (χ0n) is 31.1. The second kappa shape index (κ2) is 37.6. The molecule has 0 amide bonds. The summed E-state index contributed by atoms with van der Waals surface area (Å²) in [4.78, 5) is 23.9. The molecule has 0 unspecified atom stereocenters. The number of carbonyl (C=O) groups excluding carboxylic acids is 2. The smallest absolute Gasteiger partial charge is 0.305 e. The van der Waals surface area contributed by atoms with Crippen molar-refractivity contribution in [1.29, 1.82) is 0 Å². The first-order valence-corrected chi connectivity index (χ1v) is 19.8. The van der Waals surface area contributed by atoms with Crippen LogP contribution >= 0.6 is 0 Å². The van der Waals surface area contributed by atoms with Gasteiger partial charge in [-0.3, -0.25) is 9.59 Å². The molecule has 2 N–H and O–H groups in total. The predicted octanol–water partition coefficient (Wildman–Crippen LogP) is 11.2. The van der Waals surface area contributed by atoms with E-state index in [1.165, 1.54) is 83.5 Å². The number of ether oxygens (including phenoxy) is 2. The lowest BCUT2D eigenvalue weighted by Gasteiger charge is -2.12. The Morgan fingerprint density at radius 1 is 0.479 bits per heavy atom. The summed E-state index contributed by atoms with van der Waals surface area (Å²) in [6.45, 7) is 3.98. The zero-order chi connectivity index (χ0) is 35.2. The molecule has 0 aromatic rings. The van der Waals surface area contributed by atoms with Crippen LogP contribution in [0.5, 0.6) is 0 Å². The first-order valence-electron chi connectivity index (χ1n) is 19.8. The molecule has 0 aliphatic carbocycles. The van der Waals surface area contributed by atoms with Crippen molar-refractivity contribution in [2.45, 2.75) is 193 Å². The van der Waals surface area contributed by atoms with Gasteiger partial charge in [-0.2, -0.15) is 0 Å². The van der Waals surface area contributed by atoms with E-state index in [2.05, 4.69) is 55.5 Å². The monoisotopic (exact) mass is 675 g/mol. The summed E-state index contributed by atoms with van der Waals surface area (Å²) >= 11 is 0. The molecule has 6 heteroatoms. The summed E-state index contributed by atoms with van der Waals surface area (Å²) in [6.07, 6.45) is 44.0. The molecule has 0 bridgehead atoms. The Hall–Kier alpha value is -2.18. The molecule has 0 rings (SSSR count). The Bertz CT molecular complexity index is 830. The molecule has 0 heterocycles. The van der Waals surface area contributed by atoms with E-state index in [1.54, 1.807) is 0 Å². The Morgan fingerprint density at radius 3 is 1.29 bits per heavy atom. The first kappa shape index (κ1) is 45.8. The number of unbranched alkanes of at least 4 members (excludes halogenated alkanes) is 16. The molecular formula is C42H74O6. The molecule has 6 nitrogen and oxygen atoms in total. The highest BCUT2D eigenvalue weighted by Crippen LogP contribution is 2.14. The molecule has 278 valence electrons. The standard InChI is InChI=1S/C42H74O6/c1-3-5-6-7-8-9-10-11-12-13-17-20-23-26-29-32-35-41(45)47-37-40(44)38-48-42(46)36-33-30-27-24-21-18-15-14-16-19-22-25-28-31-34-39(43)4-2/h15-16,18-19,24-25,27-28,39-40,43-44H,3-14,17,20-23,26,29-38H2,1-2H3/b18-15-,19-16-,27-24-,28-25-/t39-,40-/m0/s1. The van der Waals surface area contributed by atoms with Crippen LogP contribution in [-0.2, 0) is 19.1 Å². The Morgan fingerprint density at radius 2 is 0.854 bits per heavy atom. The summed E-state index contributed by atoms with van der Waals surface area (Å²) in [7, 11) is 0. The molecule has 48 heavy (non-hydrogen) atoms. The largest absolute Gasteiger partial charge is 0.463 e. The van der Waals surface area contributed by atoms with Crippen LogP contribution in [-0.4, -0.2) is 47.6 Å². The highest BCUT2D eigenvalue weighted by atomic mass is 16.6. The SMILES string of the molecule is CCCCCCCCCCCCCCCCCCC(=O)OC[C@H](O)COC(=O)CCC/C=C\C/C=C\C/C=C\C/C=C\CC[C@@H](O)CC. The zero-order valence-corrected chi connectivity index (χ0v) is 31.1. The van der Waals surface area contributed by atoms with Gasteiger partial charge in [0.05, 0.1) is 6.10 Å². The van der Waals surface area contributed by atoms with Gasteiger partial charge in [-0.1, -0.05) is 159 Å². The van der Waals surface area contributed by atoms with Crippen molar-refractivity contribution in [3.05, 3.63) is 48.6 Å². The molecule has 0 fully saturated rings. The molecule has 0 radical (unpaired) electrons. The number of hydrogen-bond donors (Lipinski definition) is 2. The molecule has 2 atom stereocenters. The molecule has 0 saturated heterocycles. The number of allylic oxidation sites excluding steroid dienone is 8. The second-order valence-electron chi connectivity index (χ2n) is 13.2. The number of hydrogen-bond acceptors (Lipinski definition) is 6. The van der Waals surface area contributed by atoms with E-state index in [0.717, 1.165) is 64.2 Å². The highest BCUT2D eigenvalue weighted by Gasteiger charge is 2.12. The van der Waals surface area contributed by atoms with Gasteiger partial charge >= 0.3 is 11.9 Å². The minimum atomic E-state index is -0.993. The van der Waals surface area contributed by atoms with E-state index in [4.69, 9.17) is 9.47 Å². The van der Waals surface area contributed by atoms with Crippen molar-refractivity contribution in [2.75, 3.05) is 13.2 Å². The fourth-order valence-electron chi connectivity index (χ4n) is 5.29. The molecular weight excluding hydrogens is 600 g/mol. The minimum absolute atomic E-state index is 0.140. The fourth-order valence-corrected chi connectivity index (χ4v) is 5.29. The van der Waals surface area contributed by atoms with Crippen molar-refractivity contribution in [3.8, 4) is 0 Å². The number of carbonyl (C=O) groups is 2. The molecule has 0 aliphatic heterocycles. The van der Waals surface area contributed by atoms with Gasteiger partial charge in [-0.15, -0.1) is 0 Å². The fraction of sp³-hybridized carbons (Fsp3) is 0.762. The average Bonchev–Trinajstić information content (AvgIpc) is 3.09. The highest BCUT2D eigenvalue weighted by molar-refractivity contribution is 5.69. The maximum atomic E-state index is 12.0. The lowest BCUT2D eigenvalue weighted by molar-refractivity contribution is -0.152. The normalized spacial score (nSPS) is 13.3. The molecule has 0 spiro atoms. The number of rotatable bonds is 35. The van der Waals surface area contributed by atoms with E-state index >= 15 is 0 Å². The molecule has 0 saturated carbocycles. The van der Waals surface area contributed by atoms with Crippen molar-refractivity contribution in [3.63, 3.8) is 0 Å². The summed E-state index contributed by atoms with van der Waals surface area (Å²) in [5, 5.41) is 19.5. The Kier molecular flexibility index (Phi) is 35.9. The maximum Gasteiger partial charge on any atom is 0.305 e. The molecule has 0 aromatic heterocycles. The van der Waals surface area contributed by atoms with Gasteiger partial charge in [0.2, 0.25) is 0 Å². The Labute approximate surface area is 295 Å². The predicted molar refractivity (Wildman–Crippen MR) is 202 cm³/mol. The van der Waals surface area contributed by atoms with Gasteiger partial charge < -0.3 is 19.7 Å². The summed E-state index contributed by atoms with van der Waals surface area (Å²) in [5.41, 5.74) is 0. The topological polar surface area (TPSA) is 93.1 Å². The van der Waals surface area contributed by atoms with Crippen LogP contribution in [0.1, 0.15) is 181 Å². The number of esters is 2. The Balaban J connectivity index is 3.54. The summed E-state index contributed by atoms with van der Waals surface area (Å²) < 4.78 is 10.3. The third kappa shape index (κ3) is 36.7. The summed E-state index contributed by atoms with van der Waals surface area (Å²) in [5.74, 6) is -0.644. The van der Waals surface area contributed by atoms with Crippen LogP contribution in [0.15, 0.2) is 48.6 Å². The van der Waals surface area contributed by atoms with E-state index < -0.39 is 6.10 Å². The van der Waals surface area contributed by atoms with E-state index in [-0.39, 0.29) is 31.3 Å². The van der Waals surface area contributed by atoms with Crippen molar-refractivity contribution in [1.82, 2.24) is 0 Å². The minimum Gasteiger partial charge on any atom is -0.463 e. The number of aliphatic hydroxyl groups excluding tert-OH is 2. The van der Waals surface area contributed by atoms with Gasteiger partial charge in [-0.25, -0.2) is 0 Å². The van der Waals surface area contributed by atoms with Gasteiger partial charge in [0.1, 0.15) is 19.3 Å². The number of aliphatic hydroxyl groups is 2. The van der Waals surface area contributed by atoms with Crippen molar-refractivity contribution < 1.29 is 29.3 Å². The van der Waals surface area contributed by atoms with Gasteiger partial charge in [-0.05, 0) is 57.8 Å². The quantitative estimate of drug-likeness (QED) is 0.0395. The second-order valence-corrected chi connectivity index (χ2v) is 13.2. The van der Waals surface area contributed by atoms with Gasteiger partial charge in [0.15, 0.2) is 0 Å². The van der Waals surface area contributed by atoms with Gasteiger partial charge in [0, 0.05) is 12.8 Å². The van der Waals surface area contributed by atoms with Crippen LogP contribution < -0.4 is 0 Å². The van der Waals surface area contributed by atoms with E-state index in [9.17, 15) is 19.8 Å². The van der Waals surface area contributed by atoms with E-state index in [0.29, 0.717) is 19.3 Å². The third-order valence-electron chi connectivity index (χ3n) is 8.48. The van der Waals surface area contributed by atoms with Crippen LogP contribution in [0.3, 0.4) is 0 Å². The van der Waals surface area contributed by atoms with E-state index in [1.807, 2.05) is 6.92 Å².